The number of hydrogen-bond acceptors (Lipinski definition) is 8. The zero-order chi connectivity index (χ0) is 28.3. The van der Waals surface area contributed by atoms with Crippen LogP contribution in [0.3, 0.4) is 0 Å². The number of nitrogens with two attached hydrogens (primary N) is 1. The van der Waals surface area contributed by atoms with Crippen molar-refractivity contribution in [1.82, 2.24) is 9.97 Å². The molecule has 0 atom stereocenters. The normalized spacial score (nSPS) is 13.4. The number of hydrogen-bond donors (Lipinski definition) is 2. The van der Waals surface area contributed by atoms with Gasteiger partial charge in [0.05, 0.1) is 34.1 Å². The molecule has 0 fully saturated rings. The molecule has 3 N–H and O–H groups in total. The number of pyridine rings is 2. The molecule has 1 aromatic carbocycles. The van der Waals surface area contributed by atoms with Crippen molar-refractivity contribution >= 4 is 44.9 Å². The molecule has 13 heteroatoms. The van der Waals surface area contributed by atoms with Gasteiger partial charge >= 0.3 is 0 Å². The number of fused-ring (bicyclic) bond motifs is 3. The minimum Gasteiger partial charge on any atom is -0.491 e. The lowest BCUT2D eigenvalue weighted by atomic mass is 10.1. The second kappa shape index (κ2) is 11.5. The summed E-state index contributed by atoms with van der Waals surface area (Å²) < 4.78 is 56.3. The SMILES string of the molecule is CS(=O)(=O)CCNc1ccc(-c2ccc3c(n2)-c2sc(C(N=CN)=Nc4ccc(F)cc4F)cc2CCO3)cn1.[HH]. The van der Waals surface area contributed by atoms with Crippen LogP contribution in [0.4, 0.5) is 20.3 Å². The molecular formula is C27H26F2N6O3S2. The van der Waals surface area contributed by atoms with Gasteiger partial charge in [-0.25, -0.2) is 37.2 Å². The Morgan fingerprint density at radius 2 is 2.08 bits per heavy atom. The summed E-state index contributed by atoms with van der Waals surface area (Å²) in [6, 6.07) is 12.3. The van der Waals surface area contributed by atoms with Gasteiger partial charge in [0.1, 0.15) is 38.6 Å². The minimum absolute atomic E-state index is 0. The van der Waals surface area contributed by atoms with Crippen LogP contribution in [-0.4, -0.2) is 55.7 Å². The Kier molecular flexibility index (Phi) is 7.85. The van der Waals surface area contributed by atoms with E-state index in [0.29, 0.717) is 40.9 Å². The Morgan fingerprint density at radius 3 is 2.80 bits per heavy atom. The second-order valence-electron chi connectivity index (χ2n) is 8.90. The number of ether oxygens (including phenoxy) is 1. The topological polar surface area (TPSA) is 132 Å². The highest BCUT2D eigenvalue weighted by molar-refractivity contribution is 7.90. The van der Waals surface area contributed by atoms with Crippen LogP contribution >= 0.6 is 11.3 Å². The molecule has 0 aliphatic carbocycles. The maximum Gasteiger partial charge on any atom is 0.171 e. The number of anilines is 1. The number of aliphatic imine (C=N–C) groups is 2. The maximum atomic E-state index is 14.3. The monoisotopic (exact) mass is 584 g/mol. The van der Waals surface area contributed by atoms with Gasteiger partial charge in [0.25, 0.3) is 0 Å². The molecule has 0 bridgehead atoms. The first-order valence-corrected chi connectivity index (χ1v) is 15.0. The molecule has 1 aliphatic rings. The van der Waals surface area contributed by atoms with E-state index in [0.717, 1.165) is 34.5 Å². The van der Waals surface area contributed by atoms with Crippen LogP contribution in [0.5, 0.6) is 5.75 Å². The van der Waals surface area contributed by atoms with E-state index < -0.39 is 21.5 Å². The van der Waals surface area contributed by atoms with Gasteiger partial charge in [-0.05, 0) is 48.0 Å². The second-order valence-corrected chi connectivity index (χ2v) is 12.2. The number of thiophene rings is 1. The summed E-state index contributed by atoms with van der Waals surface area (Å²) in [5.74, 6) is -0.134. The predicted octanol–water partition coefficient (Wildman–Crippen LogP) is 4.85. The first-order valence-electron chi connectivity index (χ1n) is 12.1. The first-order chi connectivity index (χ1) is 19.2. The van der Waals surface area contributed by atoms with E-state index in [9.17, 15) is 17.2 Å². The van der Waals surface area contributed by atoms with Crippen molar-refractivity contribution in [3.63, 3.8) is 0 Å². The molecule has 4 heterocycles. The number of sulfone groups is 1. The molecule has 40 heavy (non-hydrogen) atoms. The van der Waals surface area contributed by atoms with E-state index in [-0.39, 0.29) is 25.2 Å². The van der Waals surface area contributed by atoms with Crippen molar-refractivity contribution < 1.29 is 23.4 Å². The number of nitrogens with zero attached hydrogens (tertiary/aromatic N) is 4. The van der Waals surface area contributed by atoms with Crippen molar-refractivity contribution in [2.45, 2.75) is 6.42 Å². The molecule has 0 radical (unpaired) electrons. The molecule has 0 saturated carbocycles. The summed E-state index contributed by atoms with van der Waals surface area (Å²) >= 11 is 1.37. The van der Waals surface area contributed by atoms with Gasteiger partial charge in [0.2, 0.25) is 0 Å². The summed E-state index contributed by atoms with van der Waals surface area (Å²) in [5.41, 5.74) is 8.53. The van der Waals surface area contributed by atoms with Gasteiger partial charge < -0.3 is 15.8 Å². The van der Waals surface area contributed by atoms with Crippen LogP contribution in [-0.2, 0) is 16.3 Å². The number of nitrogens with one attached hydrogen (secondary N) is 1. The smallest absolute Gasteiger partial charge is 0.171 e. The van der Waals surface area contributed by atoms with E-state index in [1.54, 1.807) is 12.3 Å². The van der Waals surface area contributed by atoms with Gasteiger partial charge in [-0.2, -0.15) is 0 Å². The fraction of sp³-hybridized carbons (Fsp3) is 0.185. The third kappa shape index (κ3) is 6.32. The highest BCUT2D eigenvalue weighted by atomic mass is 32.2. The molecule has 9 nitrogen and oxygen atoms in total. The summed E-state index contributed by atoms with van der Waals surface area (Å²) in [4.78, 5) is 19.2. The third-order valence-corrected chi connectivity index (χ3v) is 8.03. The zero-order valence-electron chi connectivity index (χ0n) is 21.3. The van der Waals surface area contributed by atoms with Crippen molar-refractivity contribution in [3.8, 4) is 27.6 Å². The molecule has 5 rings (SSSR count). The molecule has 0 amide bonds. The lowest BCUT2D eigenvalue weighted by molar-refractivity contribution is 0.325. The lowest BCUT2D eigenvalue weighted by Crippen LogP contribution is -2.14. The standard InChI is InChI=1S/C27H24F2N6O3S2.H2/c1-40(36,37)11-9-31-24-7-2-17(14-32-24)20-5-6-22-25(34-20)26-16(8-10-38-22)12-23(39-26)27(33-15-30)35-21-4-3-18(28)13-19(21)29;/h2-7,12-15H,8-11H2,1H3,(H,31,32)(H2,30,33,35);1H. The summed E-state index contributed by atoms with van der Waals surface area (Å²) in [5, 5.41) is 3.00. The van der Waals surface area contributed by atoms with Crippen molar-refractivity contribution in [1.29, 1.82) is 0 Å². The number of halogens is 2. The first kappa shape index (κ1) is 27.3. The Balaban J connectivity index is 0.00000387. The highest BCUT2D eigenvalue weighted by Gasteiger charge is 2.23. The average Bonchev–Trinajstić information content (AvgIpc) is 3.26. The van der Waals surface area contributed by atoms with Crippen LogP contribution in [0, 0.1) is 11.6 Å². The zero-order valence-corrected chi connectivity index (χ0v) is 22.9. The Bertz CT molecular complexity index is 1730. The molecule has 0 spiro atoms. The fourth-order valence-electron chi connectivity index (χ4n) is 4.00. The van der Waals surface area contributed by atoms with E-state index in [4.69, 9.17) is 15.5 Å². The number of aromatic nitrogens is 2. The van der Waals surface area contributed by atoms with Gasteiger partial charge in [-0.1, -0.05) is 0 Å². The molecule has 208 valence electrons. The Morgan fingerprint density at radius 1 is 1.23 bits per heavy atom. The van der Waals surface area contributed by atoms with Gasteiger partial charge in [-0.3, -0.25) is 0 Å². The average molecular weight is 585 g/mol. The van der Waals surface area contributed by atoms with Crippen LogP contribution in [0.25, 0.3) is 21.8 Å². The highest BCUT2D eigenvalue weighted by Crippen LogP contribution is 2.41. The van der Waals surface area contributed by atoms with Crippen molar-refractivity contribution in [3.05, 3.63) is 76.8 Å². The predicted molar refractivity (Wildman–Crippen MR) is 156 cm³/mol. The van der Waals surface area contributed by atoms with E-state index >= 15 is 0 Å². The largest absolute Gasteiger partial charge is 0.491 e. The minimum atomic E-state index is -3.07. The summed E-state index contributed by atoms with van der Waals surface area (Å²) in [6.07, 6.45) is 4.53. The fourth-order valence-corrected chi connectivity index (χ4v) is 5.62. The molecule has 0 unspecified atom stereocenters. The van der Waals surface area contributed by atoms with Crippen LogP contribution < -0.4 is 15.8 Å². The molecule has 1 aliphatic heterocycles. The molecule has 3 aromatic heterocycles. The number of amidine groups is 1. The Labute approximate surface area is 234 Å². The molecule has 0 saturated heterocycles. The quantitative estimate of drug-likeness (QED) is 0.234. The summed E-state index contributed by atoms with van der Waals surface area (Å²) in [6.45, 7) is 0.697. The molecule has 4 aromatic rings. The van der Waals surface area contributed by atoms with Gasteiger partial charge in [0.15, 0.2) is 11.7 Å². The van der Waals surface area contributed by atoms with Crippen molar-refractivity contribution in [2.24, 2.45) is 15.7 Å². The number of benzene rings is 1. The van der Waals surface area contributed by atoms with E-state index in [2.05, 4.69) is 20.3 Å². The third-order valence-electron chi connectivity index (χ3n) is 5.90. The maximum absolute atomic E-state index is 14.3. The van der Waals surface area contributed by atoms with E-state index in [1.165, 1.54) is 23.7 Å². The van der Waals surface area contributed by atoms with Crippen molar-refractivity contribution in [2.75, 3.05) is 30.5 Å². The van der Waals surface area contributed by atoms with Gasteiger partial charge in [-0.15, -0.1) is 11.3 Å². The molecular weight excluding hydrogens is 558 g/mol. The number of rotatable bonds is 7. The lowest BCUT2D eigenvalue weighted by Gasteiger charge is -2.10. The van der Waals surface area contributed by atoms with Crippen LogP contribution in [0.2, 0.25) is 0 Å². The Hall–Kier alpha value is -4.23. The van der Waals surface area contributed by atoms with E-state index in [1.807, 2.05) is 24.3 Å². The van der Waals surface area contributed by atoms with Crippen LogP contribution in [0.15, 0.2) is 64.7 Å². The van der Waals surface area contributed by atoms with Crippen LogP contribution in [0.1, 0.15) is 11.9 Å². The summed E-state index contributed by atoms with van der Waals surface area (Å²) in [7, 11) is -3.07. The van der Waals surface area contributed by atoms with Gasteiger partial charge in [0, 0.05) is 38.5 Å².